The minimum Gasteiger partial charge on any atom is -0.325 e. The van der Waals surface area contributed by atoms with Crippen LogP contribution in [0.3, 0.4) is 0 Å². The van der Waals surface area contributed by atoms with Gasteiger partial charge in [-0.2, -0.15) is 0 Å². The molecule has 0 saturated carbocycles. The predicted octanol–water partition coefficient (Wildman–Crippen LogP) is 3.27. The maximum Gasteiger partial charge on any atom is 0.244 e. The van der Waals surface area contributed by atoms with E-state index in [1.54, 1.807) is 13.0 Å². The molecule has 0 spiro atoms. The van der Waals surface area contributed by atoms with Gasteiger partial charge in [-0.05, 0) is 37.6 Å². The van der Waals surface area contributed by atoms with Crippen molar-refractivity contribution in [3.05, 3.63) is 59.1 Å². The van der Waals surface area contributed by atoms with Crippen molar-refractivity contribution >= 4 is 33.2 Å². The van der Waals surface area contributed by atoms with Gasteiger partial charge in [0.05, 0.1) is 11.1 Å². The van der Waals surface area contributed by atoms with Gasteiger partial charge in [0.25, 0.3) is 0 Å². The smallest absolute Gasteiger partial charge is 0.244 e. The quantitative estimate of drug-likeness (QED) is 0.735. The van der Waals surface area contributed by atoms with E-state index in [1.807, 2.05) is 37.3 Å². The molecule has 0 aliphatic carbocycles. The van der Waals surface area contributed by atoms with Crippen molar-refractivity contribution in [3.63, 3.8) is 0 Å². The number of hydrogen-bond donors (Lipinski definition) is 2. The highest BCUT2D eigenvalue weighted by atomic mass is 35.5. The average molecular weight is 410 g/mol. The lowest BCUT2D eigenvalue weighted by Crippen LogP contribution is -2.39. The van der Waals surface area contributed by atoms with Crippen LogP contribution in [0.25, 0.3) is 0 Å². The molecule has 0 unspecified atom stereocenters. The minimum atomic E-state index is -3.71. The normalized spacial score (nSPS) is 14.0. The Morgan fingerprint density at radius 1 is 1.07 bits per heavy atom. The van der Waals surface area contributed by atoms with E-state index in [1.165, 1.54) is 26.2 Å². The van der Waals surface area contributed by atoms with Gasteiger partial charge < -0.3 is 5.32 Å². The third-order valence-electron chi connectivity index (χ3n) is 4.15. The van der Waals surface area contributed by atoms with Gasteiger partial charge in [-0.1, -0.05) is 41.9 Å². The highest BCUT2D eigenvalue weighted by molar-refractivity contribution is 7.89. The fraction of sp³-hybridized carbons (Fsp3) is 0.316. The van der Waals surface area contributed by atoms with E-state index in [0.29, 0.717) is 5.69 Å². The summed E-state index contributed by atoms with van der Waals surface area (Å²) in [7, 11) is -0.858. The van der Waals surface area contributed by atoms with E-state index in [4.69, 9.17) is 11.6 Å². The fourth-order valence-corrected chi connectivity index (χ4v) is 3.91. The Morgan fingerprint density at radius 3 is 2.30 bits per heavy atom. The second kappa shape index (κ2) is 8.84. The zero-order chi connectivity index (χ0) is 20.2. The Bertz CT molecular complexity index is 902. The molecule has 0 saturated heterocycles. The molecule has 0 aliphatic heterocycles. The van der Waals surface area contributed by atoms with Crippen molar-refractivity contribution in [3.8, 4) is 0 Å². The Hall–Kier alpha value is -1.93. The maximum absolute atomic E-state index is 12.5. The van der Waals surface area contributed by atoms with Crippen molar-refractivity contribution in [2.75, 3.05) is 19.4 Å². The SMILES string of the molecule is C[C@H](N[C@@H](C)c1ccccc1)C(=O)Nc1ccc(Cl)c(S(=O)(=O)N(C)C)c1. The zero-order valence-corrected chi connectivity index (χ0v) is 17.3. The first-order valence-electron chi connectivity index (χ1n) is 8.47. The number of nitrogens with one attached hydrogen (secondary N) is 2. The highest BCUT2D eigenvalue weighted by Crippen LogP contribution is 2.27. The van der Waals surface area contributed by atoms with Gasteiger partial charge in [-0.25, -0.2) is 12.7 Å². The molecule has 0 bridgehead atoms. The van der Waals surface area contributed by atoms with Crippen LogP contribution in [0.1, 0.15) is 25.5 Å². The third-order valence-corrected chi connectivity index (χ3v) is 6.45. The van der Waals surface area contributed by atoms with Gasteiger partial charge in [-0.15, -0.1) is 0 Å². The summed E-state index contributed by atoms with van der Waals surface area (Å²) in [6, 6.07) is 13.7. The lowest BCUT2D eigenvalue weighted by Gasteiger charge is -2.20. The van der Waals surface area contributed by atoms with Gasteiger partial charge >= 0.3 is 0 Å². The molecule has 0 aromatic heterocycles. The van der Waals surface area contributed by atoms with E-state index in [9.17, 15) is 13.2 Å². The van der Waals surface area contributed by atoms with Crippen LogP contribution in [0.15, 0.2) is 53.4 Å². The third kappa shape index (κ3) is 5.29. The summed E-state index contributed by atoms with van der Waals surface area (Å²) in [6.07, 6.45) is 0. The topological polar surface area (TPSA) is 78.5 Å². The second-order valence-corrected chi connectivity index (χ2v) is 8.97. The standard InChI is InChI=1S/C19H24ClN3O3S/c1-13(15-8-6-5-7-9-15)21-14(2)19(24)22-16-10-11-17(20)18(12-16)27(25,26)23(3)4/h5-14,21H,1-4H3,(H,22,24)/t13-,14-/m0/s1. The maximum atomic E-state index is 12.5. The molecule has 0 fully saturated rings. The van der Waals surface area contributed by atoms with Crippen molar-refractivity contribution in [1.29, 1.82) is 0 Å². The second-order valence-electron chi connectivity index (χ2n) is 6.44. The van der Waals surface area contributed by atoms with Crippen LogP contribution in [0.5, 0.6) is 0 Å². The van der Waals surface area contributed by atoms with Crippen LogP contribution in [-0.2, 0) is 14.8 Å². The van der Waals surface area contributed by atoms with Gasteiger partial charge in [0.15, 0.2) is 0 Å². The number of benzene rings is 2. The van der Waals surface area contributed by atoms with Gasteiger partial charge in [0.2, 0.25) is 15.9 Å². The molecule has 2 aromatic rings. The molecule has 1 amide bonds. The predicted molar refractivity (Wildman–Crippen MR) is 108 cm³/mol. The van der Waals surface area contributed by atoms with Crippen molar-refractivity contribution in [1.82, 2.24) is 9.62 Å². The van der Waals surface area contributed by atoms with Gasteiger partial charge in [0, 0.05) is 25.8 Å². The van der Waals surface area contributed by atoms with Crippen LogP contribution in [0.4, 0.5) is 5.69 Å². The van der Waals surface area contributed by atoms with Gasteiger partial charge in [0.1, 0.15) is 4.90 Å². The lowest BCUT2D eigenvalue weighted by atomic mass is 10.1. The van der Waals surface area contributed by atoms with Crippen LogP contribution >= 0.6 is 11.6 Å². The number of nitrogens with zero attached hydrogens (tertiary/aromatic N) is 1. The van der Waals surface area contributed by atoms with E-state index >= 15 is 0 Å². The summed E-state index contributed by atoms with van der Waals surface area (Å²) < 4.78 is 25.8. The van der Waals surface area contributed by atoms with Crippen molar-refractivity contribution in [2.45, 2.75) is 30.8 Å². The summed E-state index contributed by atoms with van der Waals surface area (Å²) in [4.78, 5) is 12.4. The molecule has 0 heterocycles. The van der Waals surface area contributed by atoms with Crippen LogP contribution in [0.2, 0.25) is 5.02 Å². The fourth-order valence-electron chi connectivity index (χ4n) is 2.51. The molecule has 6 nitrogen and oxygen atoms in total. The summed E-state index contributed by atoms with van der Waals surface area (Å²) >= 11 is 6.03. The molecule has 8 heteroatoms. The van der Waals surface area contributed by atoms with Crippen LogP contribution in [0, 0.1) is 0 Å². The van der Waals surface area contributed by atoms with Crippen LogP contribution in [-0.4, -0.2) is 38.8 Å². The molecule has 2 rings (SSSR count). The first kappa shape index (κ1) is 21.4. The van der Waals surface area contributed by atoms with E-state index in [2.05, 4.69) is 10.6 Å². The number of amides is 1. The first-order chi connectivity index (χ1) is 12.6. The Balaban J connectivity index is 2.11. The molecule has 2 atom stereocenters. The number of halogens is 1. The summed E-state index contributed by atoms with van der Waals surface area (Å²) in [5.41, 5.74) is 1.44. The molecule has 2 aromatic carbocycles. The molecule has 0 aliphatic rings. The van der Waals surface area contributed by atoms with E-state index < -0.39 is 16.1 Å². The zero-order valence-electron chi connectivity index (χ0n) is 15.7. The number of carbonyl (C=O) groups excluding carboxylic acids is 1. The Labute approximate surface area is 165 Å². The van der Waals surface area contributed by atoms with Crippen LogP contribution < -0.4 is 10.6 Å². The van der Waals surface area contributed by atoms with Gasteiger partial charge in [-0.3, -0.25) is 10.1 Å². The molecular formula is C19H24ClN3O3S. The highest BCUT2D eigenvalue weighted by Gasteiger charge is 2.22. The van der Waals surface area contributed by atoms with E-state index in [0.717, 1.165) is 9.87 Å². The molecular weight excluding hydrogens is 386 g/mol. The number of rotatable bonds is 7. The number of sulfonamides is 1. The number of carbonyl (C=O) groups is 1. The largest absolute Gasteiger partial charge is 0.325 e. The number of hydrogen-bond acceptors (Lipinski definition) is 4. The monoisotopic (exact) mass is 409 g/mol. The summed E-state index contributed by atoms with van der Waals surface area (Å²) in [5, 5.41) is 6.06. The molecule has 0 radical (unpaired) electrons. The van der Waals surface area contributed by atoms with Crippen molar-refractivity contribution < 1.29 is 13.2 Å². The summed E-state index contributed by atoms with van der Waals surface area (Å²) in [5.74, 6) is -0.270. The molecule has 146 valence electrons. The van der Waals surface area contributed by atoms with Crippen molar-refractivity contribution in [2.24, 2.45) is 0 Å². The minimum absolute atomic E-state index is 0.0122. The Kier molecular flexibility index (Phi) is 7.00. The first-order valence-corrected chi connectivity index (χ1v) is 10.3. The summed E-state index contributed by atoms with van der Waals surface area (Å²) in [6.45, 7) is 3.73. The molecule has 2 N–H and O–H groups in total. The van der Waals surface area contributed by atoms with E-state index in [-0.39, 0.29) is 21.9 Å². The average Bonchev–Trinajstić information content (AvgIpc) is 2.63. The Morgan fingerprint density at radius 2 is 1.70 bits per heavy atom. The number of anilines is 1. The molecule has 27 heavy (non-hydrogen) atoms. The lowest BCUT2D eigenvalue weighted by molar-refractivity contribution is -0.117.